The molecule has 2 rings (SSSR count). The van der Waals surface area contributed by atoms with Gasteiger partial charge in [0.05, 0.1) is 6.04 Å². The summed E-state index contributed by atoms with van der Waals surface area (Å²) in [6.45, 7) is 5.33. The lowest BCUT2D eigenvalue weighted by molar-refractivity contribution is 0.175. The highest BCUT2D eigenvalue weighted by Crippen LogP contribution is 2.22. The van der Waals surface area contributed by atoms with Gasteiger partial charge in [0.25, 0.3) is 0 Å². The van der Waals surface area contributed by atoms with E-state index in [0.717, 1.165) is 26.1 Å². The molecule has 1 atom stereocenters. The quantitative estimate of drug-likeness (QED) is 0.779. The summed E-state index contributed by atoms with van der Waals surface area (Å²) in [6, 6.07) is 0.349. The molecule has 2 N–H and O–H groups in total. The number of piperidine rings is 1. The molecule has 0 aromatic carbocycles. The van der Waals surface area contributed by atoms with Crippen LogP contribution in [0.4, 0.5) is 0 Å². The van der Waals surface area contributed by atoms with Crippen LogP contribution < -0.4 is 0 Å². The number of hydrogen-bond donors (Lipinski definition) is 2. The second-order valence-corrected chi connectivity index (χ2v) is 4.55. The van der Waals surface area contributed by atoms with Crippen LogP contribution in [0, 0.1) is 4.77 Å². The minimum atomic E-state index is -0.0598. The van der Waals surface area contributed by atoms with E-state index in [1.54, 1.807) is 0 Å². The number of likely N-dealkylation sites (tertiary alicyclic amines) is 1. The van der Waals surface area contributed by atoms with Gasteiger partial charge in [-0.1, -0.05) is 6.92 Å². The van der Waals surface area contributed by atoms with Crippen molar-refractivity contribution in [3.05, 3.63) is 10.6 Å². The van der Waals surface area contributed by atoms with Crippen LogP contribution in [-0.4, -0.2) is 44.4 Å². The first-order chi connectivity index (χ1) is 7.76. The molecule has 2 heterocycles. The lowest BCUT2D eigenvalue weighted by Crippen LogP contribution is -2.36. The van der Waals surface area contributed by atoms with Crippen LogP contribution in [0.15, 0.2) is 0 Å². The highest BCUT2D eigenvalue weighted by molar-refractivity contribution is 7.71. The fourth-order valence-electron chi connectivity index (χ4n) is 2.35. The maximum absolute atomic E-state index is 9.22. The van der Waals surface area contributed by atoms with Crippen molar-refractivity contribution in [2.24, 2.45) is 0 Å². The Morgan fingerprint density at radius 1 is 1.62 bits per heavy atom. The van der Waals surface area contributed by atoms with E-state index in [2.05, 4.69) is 22.0 Å². The Morgan fingerprint density at radius 2 is 2.44 bits per heavy atom. The van der Waals surface area contributed by atoms with Crippen molar-refractivity contribution in [2.75, 3.05) is 19.6 Å². The number of aromatic nitrogens is 3. The largest absolute Gasteiger partial charge is 0.388 e. The van der Waals surface area contributed by atoms with Gasteiger partial charge in [-0.2, -0.15) is 5.10 Å². The predicted octanol–water partition coefficient (Wildman–Crippen LogP) is 1.09. The van der Waals surface area contributed by atoms with Gasteiger partial charge in [0.15, 0.2) is 10.6 Å². The minimum Gasteiger partial charge on any atom is -0.388 e. The monoisotopic (exact) mass is 242 g/mol. The van der Waals surface area contributed by atoms with E-state index < -0.39 is 0 Å². The van der Waals surface area contributed by atoms with Crippen molar-refractivity contribution >= 4 is 12.2 Å². The molecule has 0 aliphatic carbocycles. The molecule has 1 aliphatic rings. The highest BCUT2D eigenvalue weighted by Gasteiger charge is 2.22. The Morgan fingerprint density at radius 3 is 3.12 bits per heavy atom. The average molecular weight is 242 g/mol. The Labute approximate surface area is 100 Å². The van der Waals surface area contributed by atoms with E-state index in [-0.39, 0.29) is 6.61 Å². The van der Waals surface area contributed by atoms with Gasteiger partial charge in [0, 0.05) is 6.54 Å². The van der Waals surface area contributed by atoms with Crippen LogP contribution in [0.5, 0.6) is 0 Å². The normalized spacial score (nSPS) is 22.5. The third kappa shape index (κ3) is 2.18. The molecular weight excluding hydrogens is 224 g/mol. The third-order valence-corrected chi connectivity index (χ3v) is 3.50. The Kier molecular flexibility index (Phi) is 3.73. The minimum absolute atomic E-state index is 0.0598. The molecule has 0 spiro atoms. The number of rotatable bonds is 3. The summed E-state index contributed by atoms with van der Waals surface area (Å²) in [5, 5.41) is 16.0. The van der Waals surface area contributed by atoms with Crippen LogP contribution in [0.1, 0.15) is 31.6 Å². The summed E-state index contributed by atoms with van der Waals surface area (Å²) in [5.41, 5.74) is 0. The van der Waals surface area contributed by atoms with Gasteiger partial charge in [0.2, 0.25) is 0 Å². The maximum atomic E-state index is 9.22. The van der Waals surface area contributed by atoms with Gasteiger partial charge < -0.3 is 10.0 Å². The molecular formula is C10H18N4OS. The molecule has 1 aliphatic heterocycles. The van der Waals surface area contributed by atoms with Gasteiger partial charge in [-0.3, -0.25) is 9.67 Å². The van der Waals surface area contributed by atoms with Crippen molar-refractivity contribution in [1.29, 1.82) is 0 Å². The van der Waals surface area contributed by atoms with Crippen LogP contribution in [0.2, 0.25) is 0 Å². The van der Waals surface area contributed by atoms with Gasteiger partial charge in [-0.15, -0.1) is 0 Å². The molecule has 1 fully saturated rings. The molecule has 1 saturated heterocycles. The first-order valence-electron chi connectivity index (χ1n) is 5.75. The lowest BCUT2D eigenvalue weighted by atomic mass is 10.1. The second-order valence-electron chi connectivity index (χ2n) is 4.16. The number of nitrogens with zero attached hydrogens (tertiary/aromatic N) is 3. The molecule has 1 aromatic rings. The van der Waals surface area contributed by atoms with Gasteiger partial charge in [0.1, 0.15) is 6.61 Å². The Hall–Kier alpha value is -0.720. The standard InChI is InChI=1S/C10H18N4OS/c1-2-13-5-3-4-8(6-13)14-9(7-15)11-12-10(14)16/h8,15H,2-7H2,1H3,(H,12,16). The van der Waals surface area contributed by atoms with E-state index in [1.807, 2.05) is 4.57 Å². The van der Waals surface area contributed by atoms with Crippen molar-refractivity contribution < 1.29 is 5.11 Å². The number of hydrogen-bond acceptors (Lipinski definition) is 4. The second kappa shape index (κ2) is 5.07. The fraction of sp³-hybridized carbons (Fsp3) is 0.800. The van der Waals surface area contributed by atoms with Gasteiger partial charge >= 0.3 is 0 Å². The molecule has 6 heteroatoms. The molecule has 1 aromatic heterocycles. The summed E-state index contributed by atoms with van der Waals surface area (Å²) in [4.78, 5) is 2.41. The summed E-state index contributed by atoms with van der Waals surface area (Å²) >= 11 is 5.21. The molecule has 0 saturated carbocycles. The summed E-state index contributed by atoms with van der Waals surface area (Å²) < 4.78 is 2.59. The average Bonchev–Trinajstić information content (AvgIpc) is 2.70. The smallest absolute Gasteiger partial charge is 0.195 e. The number of aliphatic hydroxyl groups is 1. The lowest BCUT2D eigenvalue weighted by Gasteiger charge is -2.32. The summed E-state index contributed by atoms with van der Waals surface area (Å²) in [5.74, 6) is 0.646. The zero-order chi connectivity index (χ0) is 11.5. The number of aromatic amines is 1. The zero-order valence-electron chi connectivity index (χ0n) is 9.52. The van der Waals surface area contributed by atoms with Gasteiger partial charge in [-0.05, 0) is 38.1 Å². The van der Waals surface area contributed by atoms with E-state index in [1.165, 1.54) is 6.42 Å². The zero-order valence-corrected chi connectivity index (χ0v) is 10.3. The maximum Gasteiger partial charge on any atom is 0.195 e. The van der Waals surface area contributed by atoms with Crippen molar-refractivity contribution in [1.82, 2.24) is 19.7 Å². The number of likely N-dealkylation sites (N-methyl/N-ethyl adjacent to an activating group) is 1. The highest BCUT2D eigenvalue weighted by atomic mass is 32.1. The summed E-state index contributed by atoms with van der Waals surface area (Å²) in [6.07, 6.45) is 2.29. The van der Waals surface area contributed by atoms with Crippen LogP contribution >= 0.6 is 12.2 Å². The molecule has 0 amide bonds. The van der Waals surface area contributed by atoms with Crippen molar-refractivity contribution in [3.8, 4) is 0 Å². The van der Waals surface area contributed by atoms with Crippen molar-refractivity contribution in [3.63, 3.8) is 0 Å². The number of aliphatic hydroxyl groups excluding tert-OH is 1. The molecule has 0 radical (unpaired) electrons. The van der Waals surface area contributed by atoms with Crippen molar-refractivity contribution in [2.45, 2.75) is 32.4 Å². The van der Waals surface area contributed by atoms with E-state index in [4.69, 9.17) is 12.2 Å². The first kappa shape index (κ1) is 11.8. The van der Waals surface area contributed by atoms with Gasteiger partial charge in [-0.25, -0.2) is 0 Å². The topological polar surface area (TPSA) is 57.1 Å². The fourth-order valence-corrected chi connectivity index (χ4v) is 2.65. The molecule has 0 bridgehead atoms. The molecule has 16 heavy (non-hydrogen) atoms. The Balaban J connectivity index is 2.22. The first-order valence-corrected chi connectivity index (χ1v) is 6.16. The molecule has 90 valence electrons. The van der Waals surface area contributed by atoms with Crippen LogP contribution in [-0.2, 0) is 6.61 Å². The predicted molar refractivity (Wildman–Crippen MR) is 63.7 cm³/mol. The van der Waals surface area contributed by atoms with E-state index in [0.29, 0.717) is 16.6 Å². The third-order valence-electron chi connectivity index (χ3n) is 3.21. The summed E-state index contributed by atoms with van der Waals surface area (Å²) in [7, 11) is 0. The van der Waals surface area contributed by atoms with Crippen LogP contribution in [0.25, 0.3) is 0 Å². The number of nitrogens with one attached hydrogen (secondary N) is 1. The van der Waals surface area contributed by atoms with Crippen LogP contribution in [0.3, 0.4) is 0 Å². The molecule has 1 unspecified atom stereocenters. The molecule has 5 nitrogen and oxygen atoms in total. The van der Waals surface area contributed by atoms with E-state index in [9.17, 15) is 5.11 Å². The van der Waals surface area contributed by atoms with E-state index >= 15 is 0 Å². The Bertz CT molecular complexity index is 400. The number of H-pyrrole nitrogens is 1. The SMILES string of the molecule is CCN1CCCC(n2c(CO)n[nH]c2=S)C1.